The Labute approximate surface area is 188 Å². The summed E-state index contributed by atoms with van der Waals surface area (Å²) >= 11 is 12.2. The van der Waals surface area contributed by atoms with E-state index in [-0.39, 0.29) is 18.2 Å². The van der Waals surface area contributed by atoms with Crippen molar-refractivity contribution in [2.45, 2.75) is 39.8 Å². The summed E-state index contributed by atoms with van der Waals surface area (Å²) in [6.45, 7) is 6.63. The Morgan fingerprint density at radius 2 is 1.73 bits per heavy atom. The van der Waals surface area contributed by atoms with Crippen LogP contribution in [0.2, 0.25) is 10.0 Å². The summed E-state index contributed by atoms with van der Waals surface area (Å²) in [5.74, 6) is 0.669. The van der Waals surface area contributed by atoms with Crippen LogP contribution in [-0.2, 0) is 22.6 Å². The predicted octanol–water partition coefficient (Wildman–Crippen LogP) is 4.73. The number of rotatable bonds is 9. The Morgan fingerprint density at radius 1 is 1.07 bits per heavy atom. The highest BCUT2D eigenvalue weighted by molar-refractivity contribution is 6.35. The Balaban J connectivity index is 2.23. The molecule has 0 heterocycles. The molecule has 7 heteroatoms. The number of hydrogen-bond acceptors (Lipinski definition) is 3. The summed E-state index contributed by atoms with van der Waals surface area (Å²) in [6.07, 6.45) is 0.0773. The number of nitrogens with zero attached hydrogens (tertiary/aromatic N) is 1. The maximum absolute atomic E-state index is 13.2. The number of hydrogen-bond donors (Lipinski definition) is 1. The van der Waals surface area contributed by atoms with E-state index in [1.165, 1.54) is 0 Å². The molecule has 0 unspecified atom stereocenters. The van der Waals surface area contributed by atoms with Gasteiger partial charge in [0, 0.05) is 23.1 Å². The average molecular weight is 451 g/mol. The van der Waals surface area contributed by atoms with Crippen LogP contribution in [0.1, 0.15) is 31.9 Å². The number of benzene rings is 2. The summed E-state index contributed by atoms with van der Waals surface area (Å²) in [5.41, 5.74) is 1.57. The molecule has 1 atom stereocenters. The van der Waals surface area contributed by atoms with E-state index < -0.39 is 6.04 Å². The molecule has 0 spiro atoms. The molecular weight excluding hydrogens is 423 g/mol. The first-order valence-electron chi connectivity index (χ1n) is 9.85. The topological polar surface area (TPSA) is 58.6 Å². The van der Waals surface area contributed by atoms with E-state index in [9.17, 15) is 9.59 Å². The zero-order valence-corrected chi connectivity index (χ0v) is 19.3. The smallest absolute Gasteiger partial charge is 0.242 e. The number of nitrogens with one attached hydrogen (secondary N) is 1. The number of carbonyl (C=O) groups excluding carboxylic acids is 2. The molecule has 0 fully saturated rings. The summed E-state index contributed by atoms with van der Waals surface area (Å²) in [6, 6.07) is 11.8. The minimum Gasteiger partial charge on any atom is -0.497 e. The van der Waals surface area contributed by atoms with Crippen LogP contribution in [0.15, 0.2) is 42.5 Å². The molecule has 0 saturated carbocycles. The average Bonchev–Trinajstić information content (AvgIpc) is 2.72. The summed E-state index contributed by atoms with van der Waals surface area (Å²) in [4.78, 5) is 27.4. The van der Waals surface area contributed by atoms with Crippen LogP contribution in [-0.4, -0.2) is 36.4 Å². The van der Waals surface area contributed by atoms with E-state index in [1.54, 1.807) is 37.1 Å². The Kier molecular flexibility index (Phi) is 9.00. The molecule has 2 amide bonds. The molecule has 0 aromatic heterocycles. The van der Waals surface area contributed by atoms with Crippen molar-refractivity contribution in [1.82, 2.24) is 10.2 Å². The molecule has 2 rings (SSSR count). The molecular formula is C23H28Cl2N2O3. The van der Waals surface area contributed by atoms with Crippen LogP contribution < -0.4 is 10.1 Å². The van der Waals surface area contributed by atoms with Crippen molar-refractivity contribution in [3.63, 3.8) is 0 Å². The van der Waals surface area contributed by atoms with E-state index >= 15 is 0 Å². The quantitative estimate of drug-likeness (QED) is 0.600. The van der Waals surface area contributed by atoms with Crippen LogP contribution in [0, 0.1) is 5.92 Å². The van der Waals surface area contributed by atoms with Crippen molar-refractivity contribution >= 4 is 35.0 Å². The molecule has 0 saturated heterocycles. The zero-order chi connectivity index (χ0) is 22.3. The first-order valence-corrected chi connectivity index (χ1v) is 10.6. The van der Waals surface area contributed by atoms with E-state index in [2.05, 4.69) is 5.32 Å². The third kappa shape index (κ3) is 6.92. The summed E-state index contributed by atoms with van der Waals surface area (Å²) < 4.78 is 5.19. The molecule has 0 aliphatic heterocycles. The van der Waals surface area contributed by atoms with Crippen molar-refractivity contribution in [2.24, 2.45) is 5.92 Å². The van der Waals surface area contributed by atoms with Gasteiger partial charge in [0.2, 0.25) is 11.8 Å². The molecule has 2 aromatic rings. The molecule has 5 nitrogen and oxygen atoms in total. The SMILES string of the molecule is COc1ccc(CN(C(=O)Cc2ccc(Cl)cc2Cl)[C@H](C)C(=O)NCC(C)C)cc1. The Morgan fingerprint density at radius 3 is 2.30 bits per heavy atom. The van der Waals surface area contributed by atoms with Gasteiger partial charge in [-0.3, -0.25) is 9.59 Å². The number of methoxy groups -OCH3 is 1. The zero-order valence-electron chi connectivity index (χ0n) is 17.7. The van der Waals surface area contributed by atoms with Crippen LogP contribution in [0.4, 0.5) is 0 Å². The van der Waals surface area contributed by atoms with Gasteiger partial charge in [0.15, 0.2) is 0 Å². The number of ether oxygens (including phenoxy) is 1. The van der Waals surface area contributed by atoms with Gasteiger partial charge >= 0.3 is 0 Å². The molecule has 0 aliphatic carbocycles. The lowest BCUT2D eigenvalue weighted by molar-refractivity contribution is -0.140. The van der Waals surface area contributed by atoms with E-state index in [4.69, 9.17) is 27.9 Å². The number of amides is 2. The molecule has 0 bridgehead atoms. The highest BCUT2D eigenvalue weighted by Gasteiger charge is 2.26. The fourth-order valence-electron chi connectivity index (χ4n) is 2.89. The molecule has 0 radical (unpaired) electrons. The van der Waals surface area contributed by atoms with Gasteiger partial charge in [-0.2, -0.15) is 0 Å². The number of halogens is 2. The second-order valence-corrected chi connectivity index (χ2v) is 8.44. The van der Waals surface area contributed by atoms with Gasteiger partial charge in [-0.25, -0.2) is 0 Å². The van der Waals surface area contributed by atoms with Gasteiger partial charge in [-0.05, 0) is 48.2 Å². The standard InChI is InChI=1S/C23H28Cl2N2O3/c1-15(2)13-26-23(29)16(3)27(14-17-5-9-20(30-4)10-6-17)22(28)11-18-7-8-19(24)12-21(18)25/h5-10,12,15-16H,11,13-14H2,1-4H3,(H,26,29)/t16-/m1/s1. The fourth-order valence-corrected chi connectivity index (χ4v) is 3.37. The minimum atomic E-state index is -0.635. The van der Waals surface area contributed by atoms with Crippen molar-refractivity contribution < 1.29 is 14.3 Å². The second kappa shape index (κ2) is 11.2. The van der Waals surface area contributed by atoms with Crippen molar-refractivity contribution in [3.8, 4) is 5.75 Å². The first-order chi connectivity index (χ1) is 14.2. The van der Waals surface area contributed by atoms with Gasteiger partial charge in [-0.15, -0.1) is 0 Å². The van der Waals surface area contributed by atoms with Gasteiger partial charge in [0.25, 0.3) is 0 Å². The van der Waals surface area contributed by atoms with Gasteiger partial charge < -0.3 is 15.0 Å². The lowest BCUT2D eigenvalue weighted by Crippen LogP contribution is -2.48. The molecule has 1 N–H and O–H groups in total. The highest BCUT2D eigenvalue weighted by atomic mass is 35.5. The van der Waals surface area contributed by atoms with E-state index in [0.717, 1.165) is 11.3 Å². The minimum absolute atomic E-state index is 0.0773. The lowest BCUT2D eigenvalue weighted by Gasteiger charge is -2.29. The van der Waals surface area contributed by atoms with Crippen molar-refractivity contribution in [1.29, 1.82) is 0 Å². The van der Waals surface area contributed by atoms with E-state index in [1.807, 2.05) is 38.1 Å². The Hall–Kier alpha value is -2.24. The van der Waals surface area contributed by atoms with Gasteiger partial charge in [0.1, 0.15) is 11.8 Å². The second-order valence-electron chi connectivity index (χ2n) is 7.60. The fraction of sp³-hybridized carbons (Fsp3) is 0.391. The van der Waals surface area contributed by atoms with Crippen LogP contribution in [0.25, 0.3) is 0 Å². The van der Waals surface area contributed by atoms with Crippen molar-refractivity contribution in [3.05, 3.63) is 63.6 Å². The number of carbonyl (C=O) groups is 2. The third-order valence-corrected chi connectivity index (χ3v) is 5.31. The largest absolute Gasteiger partial charge is 0.497 e. The van der Waals surface area contributed by atoms with E-state index in [0.29, 0.717) is 34.6 Å². The summed E-state index contributed by atoms with van der Waals surface area (Å²) in [5, 5.41) is 3.84. The van der Waals surface area contributed by atoms with Crippen LogP contribution >= 0.6 is 23.2 Å². The predicted molar refractivity (Wildman–Crippen MR) is 121 cm³/mol. The summed E-state index contributed by atoms with van der Waals surface area (Å²) in [7, 11) is 1.60. The maximum atomic E-state index is 13.2. The first kappa shape index (κ1) is 24.0. The third-order valence-electron chi connectivity index (χ3n) is 4.72. The van der Waals surface area contributed by atoms with Crippen LogP contribution in [0.5, 0.6) is 5.75 Å². The van der Waals surface area contributed by atoms with Gasteiger partial charge in [-0.1, -0.05) is 55.2 Å². The lowest BCUT2D eigenvalue weighted by atomic mass is 10.1. The molecule has 30 heavy (non-hydrogen) atoms. The van der Waals surface area contributed by atoms with Gasteiger partial charge in [0.05, 0.1) is 13.5 Å². The molecule has 2 aromatic carbocycles. The Bertz CT molecular complexity index is 869. The molecule has 162 valence electrons. The maximum Gasteiger partial charge on any atom is 0.242 e. The normalized spacial score (nSPS) is 11.8. The van der Waals surface area contributed by atoms with Crippen LogP contribution in [0.3, 0.4) is 0 Å². The monoisotopic (exact) mass is 450 g/mol. The highest BCUT2D eigenvalue weighted by Crippen LogP contribution is 2.23. The molecule has 0 aliphatic rings. The van der Waals surface area contributed by atoms with Crippen molar-refractivity contribution in [2.75, 3.05) is 13.7 Å².